The topological polar surface area (TPSA) is 124 Å². The van der Waals surface area contributed by atoms with Crippen LogP contribution in [-0.2, 0) is 15.8 Å². The molecule has 1 unspecified atom stereocenters. The summed E-state index contributed by atoms with van der Waals surface area (Å²) in [4.78, 5) is 25.7. The second-order valence-electron chi connectivity index (χ2n) is 9.48. The molecule has 2 aromatic carbocycles. The Bertz CT molecular complexity index is 1420. The molecule has 1 aromatic heterocycles. The van der Waals surface area contributed by atoms with Crippen molar-refractivity contribution in [2.75, 3.05) is 72.2 Å². The van der Waals surface area contributed by atoms with Gasteiger partial charge in [-0.1, -0.05) is 30.3 Å². The maximum atomic E-state index is 12.3. The van der Waals surface area contributed by atoms with Crippen molar-refractivity contribution in [2.24, 2.45) is 0 Å². The number of likely N-dealkylation sites (tertiary alicyclic amines) is 1. The molecule has 4 rings (SSSR count). The summed E-state index contributed by atoms with van der Waals surface area (Å²) >= 11 is 6.41. The number of carbonyl (C=O) groups excluding carboxylic acids is 1. The molecule has 0 radical (unpaired) electrons. The summed E-state index contributed by atoms with van der Waals surface area (Å²) in [6.07, 6.45) is 6.70. The Morgan fingerprint density at radius 2 is 1.90 bits per heavy atom. The van der Waals surface area contributed by atoms with Crippen LogP contribution in [0.25, 0.3) is 0 Å². The molecule has 2 heterocycles. The van der Waals surface area contributed by atoms with Crippen LogP contribution in [0.15, 0.2) is 55.3 Å². The highest BCUT2D eigenvalue weighted by molar-refractivity contribution is 7.85. The normalized spacial score (nSPS) is 13.8. The van der Waals surface area contributed by atoms with E-state index in [-0.39, 0.29) is 11.9 Å². The van der Waals surface area contributed by atoms with Crippen LogP contribution in [-0.4, -0.2) is 71.6 Å². The largest absolute Gasteiger partial charge is 0.494 e. The van der Waals surface area contributed by atoms with Gasteiger partial charge in [-0.05, 0) is 50.2 Å². The number of aromatic nitrogens is 2. The van der Waals surface area contributed by atoms with E-state index in [2.05, 4.69) is 47.0 Å². The number of likely N-dealkylation sites (N-methyl/N-ethyl adjacent to an activating group) is 1. The number of carbonyl (C=O) groups is 1. The number of ether oxygens (including phenoxy) is 1. The van der Waals surface area contributed by atoms with E-state index >= 15 is 0 Å². The van der Waals surface area contributed by atoms with E-state index < -0.39 is 11.0 Å². The van der Waals surface area contributed by atoms with Gasteiger partial charge in [-0.3, -0.25) is 4.79 Å². The van der Waals surface area contributed by atoms with Gasteiger partial charge in [0.2, 0.25) is 11.9 Å². The van der Waals surface area contributed by atoms with E-state index in [0.717, 1.165) is 31.9 Å². The minimum absolute atomic E-state index is 0.246. The monoisotopic (exact) mass is 598 g/mol. The summed E-state index contributed by atoms with van der Waals surface area (Å²) in [6, 6.07) is 10.9. The molecule has 0 spiro atoms. The average molecular weight is 599 g/mol. The zero-order valence-electron chi connectivity index (χ0n) is 23.4. The lowest BCUT2D eigenvalue weighted by Gasteiger charge is -2.26. The number of anilines is 7. The van der Waals surface area contributed by atoms with Crippen molar-refractivity contribution in [3.05, 3.63) is 60.3 Å². The Morgan fingerprint density at radius 3 is 2.59 bits per heavy atom. The van der Waals surface area contributed by atoms with Crippen molar-refractivity contribution in [1.29, 1.82) is 0 Å². The third kappa shape index (κ3) is 8.09. The molecule has 0 saturated carbocycles. The minimum atomic E-state index is -1.26. The molecule has 1 amide bonds. The van der Waals surface area contributed by atoms with Crippen molar-refractivity contribution in [3.8, 4) is 5.75 Å². The van der Waals surface area contributed by atoms with Gasteiger partial charge < -0.3 is 35.2 Å². The second kappa shape index (κ2) is 14.2. The maximum absolute atomic E-state index is 12.3. The number of hydrogen-bond donors (Lipinski definition) is 4. The quantitative estimate of drug-likeness (QED) is 0.201. The molecule has 0 bridgehead atoms. The first kappa shape index (κ1) is 30.1. The fourth-order valence-electron chi connectivity index (χ4n) is 4.45. The molecule has 218 valence electrons. The number of benzene rings is 2. The van der Waals surface area contributed by atoms with Crippen molar-refractivity contribution in [3.63, 3.8) is 0 Å². The third-order valence-electron chi connectivity index (χ3n) is 6.55. The molecule has 1 saturated heterocycles. The first-order valence-electron chi connectivity index (χ1n) is 13.1. The Labute approximate surface area is 247 Å². The summed E-state index contributed by atoms with van der Waals surface area (Å²) in [7, 11) is 2.30. The summed E-state index contributed by atoms with van der Waals surface area (Å²) in [6.45, 7) is 7.51. The van der Waals surface area contributed by atoms with Crippen LogP contribution in [0, 0.1) is 0 Å². The summed E-state index contributed by atoms with van der Waals surface area (Å²) in [5.41, 5.74) is 3.20. The lowest BCUT2D eigenvalue weighted by atomic mass is 10.2. The van der Waals surface area contributed by atoms with Crippen molar-refractivity contribution < 1.29 is 13.7 Å². The number of amides is 1. The highest BCUT2D eigenvalue weighted by Crippen LogP contribution is 2.38. The third-order valence-corrected chi connectivity index (χ3v) is 7.33. The van der Waals surface area contributed by atoms with Crippen LogP contribution in [0.3, 0.4) is 0 Å². The zero-order chi connectivity index (χ0) is 29.4. The van der Waals surface area contributed by atoms with E-state index in [1.807, 2.05) is 31.3 Å². The molecule has 11 nitrogen and oxygen atoms in total. The summed E-state index contributed by atoms with van der Waals surface area (Å²) in [5.74, 6) is 0.802. The zero-order valence-corrected chi connectivity index (χ0v) is 24.9. The van der Waals surface area contributed by atoms with Gasteiger partial charge in [-0.15, -0.1) is 0 Å². The molecule has 1 atom stereocenters. The van der Waals surface area contributed by atoms with E-state index in [0.29, 0.717) is 39.3 Å². The van der Waals surface area contributed by atoms with Gasteiger partial charge in [0.15, 0.2) is 5.82 Å². The number of halogens is 1. The Balaban J connectivity index is 1.61. The molecular formula is C28H35ClN8O3S. The van der Waals surface area contributed by atoms with Gasteiger partial charge >= 0.3 is 0 Å². The highest BCUT2D eigenvalue weighted by Gasteiger charge is 2.19. The fraction of sp³-hybridized carbons (Fsp3) is 0.321. The van der Waals surface area contributed by atoms with Crippen molar-refractivity contribution in [1.82, 2.24) is 14.9 Å². The molecule has 1 aliphatic rings. The van der Waals surface area contributed by atoms with Gasteiger partial charge in [0.1, 0.15) is 21.8 Å². The molecular weight excluding hydrogens is 564 g/mol. The molecule has 1 aliphatic heterocycles. The molecule has 1 fully saturated rings. The van der Waals surface area contributed by atoms with Crippen molar-refractivity contribution in [2.45, 2.75) is 12.8 Å². The van der Waals surface area contributed by atoms with Gasteiger partial charge in [0.05, 0.1) is 41.7 Å². The Kier molecular flexibility index (Phi) is 10.4. The van der Waals surface area contributed by atoms with Crippen LogP contribution < -0.4 is 30.3 Å². The SMILES string of the molecule is C=CC(=O)Nc1cc(Nc2ncc(Cl)c(Nc3ccccc3NS(C)=O)n2)c(OC)cc1N(C)CCN1CCCC1. The average Bonchev–Trinajstić information content (AvgIpc) is 3.48. The van der Waals surface area contributed by atoms with Crippen LogP contribution in [0.5, 0.6) is 5.75 Å². The standard InChI is InChI=1S/C28H35ClN8O3S/c1-5-26(38)31-22-16-23(25(40-3)17-24(22)36(2)14-15-37-12-8-9-13-37)33-28-30-18-19(29)27(34-28)32-20-10-6-7-11-21(20)35-41(4)39/h5-7,10-11,16-18,35H,1,8-9,12-15H2,2-4H3,(H,31,38)(H2,30,32,33,34). The predicted octanol–water partition coefficient (Wildman–Crippen LogP) is 4.99. The number of methoxy groups -OCH3 is 1. The van der Waals surface area contributed by atoms with E-state index in [1.54, 1.807) is 25.5 Å². The van der Waals surface area contributed by atoms with Crippen LogP contribution in [0.4, 0.5) is 40.2 Å². The number of hydrogen-bond acceptors (Lipinski definition) is 9. The van der Waals surface area contributed by atoms with Crippen LogP contribution in [0.1, 0.15) is 12.8 Å². The Hall–Kier alpha value is -3.87. The number of nitrogens with one attached hydrogen (secondary N) is 4. The number of para-hydroxylation sites is 2. The first-order chi connectivity index (χ1) is 19.8. The summed E-state index contributed by atoms with van der Waals surface area (Å²) < 4.78 is 20.3. The maximum Gasteiger partial charge on any atom is 0.247 e. The summed E-state index contributed by atoms with van der Waals surface area (Å²) in [5, 5.41) is 9.56. The fourth-order valence-corrected chi connectivity index (χ4v) is 5.08. The number of nitrogens with zero attached hydrogens (tertiary/aromatic N) is 4. The van der Waals surface area contributed by atoms with Crippen molar-refractivity contribution >= 4 is 68.7 Å². The highest BCUT2D eigenvalue weighted by atomic mass is 35.5. The van der Waals surface area contributed by atoms with Gasteiger partial charge in [-0.25, -0.2) is 9.19 Å². The van der Waals surface area contributed by atoms with Gasteiger partial charge in [0.25, 0.3) is 0 Å². The van der Waals surface area contributed by atoms with E-state index in [4.69, 9.17) is 16.3 Å². The van der Waals surface area contributed by atoms with Gasteiger partial charge in [0, 0.05) is 32.5 Å². The second-order valence-corrected chi connectivity index (χ2v) is 11.0. The van der Waals surface area contributed by atoms with Gasteiger partial charge in [-0.2, -0.15) is 4.98 Å². The first-order valence-corrected chi connectivity index (χ1v) is 15.1. The lowest BCUT2D eigenvalue weighted by molar-refractivity contribution is -0.111. The molecule has 4 N–H and O–H groups in total. The minimum Gasteiger partial charge on any atom is -0.494 e. The molecule has 41 heavy (non-hydrogen) atoms. The van der Waals surface area contributed by atoms with Crippen LogP contribution in [0.2, 0.25) is 5.02 Å². The molecule has 13 heteroatoms. The van der Waals surface area contributed by atoms with Crippen LogP contribution >= 0.6 is 11.6 Å². The van der Waals surface area contributed by atoms with E-state index in [9.17, 15) is 9.00 Å². The lowest BCUT2D eigenvalue weighted by Crippen LogP contribution is -2.32. The smallest absolute Gasteiger partial charge is 0.247 e. The molecule has 3 aromatic rings. The number of rotatable bonds is 13. The molecule has 0 aliphatic carbocycles. The Morgan fingerprint density at radius 1 is 1.17 bits per heavy atom. The predicted molar refractivity (Wildman–Crippen MR) is 169 cm³/mol. The van der Waals surface area contributed by atoms with E-state index in [1.165, 1.54) is 25.1 Å².